The van der Waals surface area contributed by atoms with Crippen LogP contribution in [-0.2, 0) is 4.74 Å². The zero-order chi connectivity index (χ0) is 12.8. The van der Waals surface area contributed by atoms with Gasteiger partial charge in [-0.25, -0.2) is 0 Å². The van der Waals surface area contributed by atoms with Crippen molar-refractivity contribution in [2.45, 2.75) is 38.1 Å². The summed E-state index contributed by atoms with van der Waals surface area (Å²) >= 11 is 0. The molecule has 2 unspecified atom stereocenters. The predicted octanol–water partition coefficient (Wildman–Crippen LogP) is 3.19. The van der Waals surface area contributed by atoms with Gasteiger partial charge in [-0.05, 0) is 43.7 Å². The zero-order valence-corrected chi connectivity index (χ0v) is 11.6. The lowest BCUT2D eigenvalue weighted by Crippen LogP contribution is -2.41. The Morgan fingerprint density at radius 3 is 2.44 bits per heavy atom. The van der Waals surface area contributed by atoms with E-state index < -0.39 is 0 Å². The highest BCUT2D eigenvalue weighted by Gasteiger charge is 2.29. The molecule has 1 fully saturated rings. The van der Waals surface area contributed by atoms with Gasteiger partial charge in [-0.2, -0.15) is 0 Å². The standard InChI is InChI=1S/C16H25NO/c1-3-15(13-7-5-4-6-8-13)16(17-2)14-9-11-18-12-10-14/h4-8,14-17H,3,9-12H2,1-2H3. The maximum atomic E-state index is 5.49. The van der Waals surface area contributed by atoms with Crippen LogP contribution in [-0.4, -0.2) is 26.3 Å². The fourth-order valence-corrected chi connectivity index (χ4v) is 3.24. The van der Waals surface area contributed by atoms with Gasteiger partial charge < -0.3 is 10.1 Å². The van der Waals surface area contributed by atoms with Crippen molar-refractivity contribution in [1.29, 1.82) is 0 Å². The Morgan fingerprint density at radius 1 is 1.22 bits per heavy atom. The van der Waals surface area contributed by atoms with Gasteiger partial charge in [0.15, 0.2) is 0 Å². The average molecular weight is 247 g/mol. The second-order valence-corrected chi connectivity index (χ2v) is 5.19. The molecule has 0 radical (unpaired) electrons. The lowest BCUT2D eigenvalue weighted by atomic mass is 9.79. The minimum Gasteiger partial charge on any atom is -0.381 e. The van der Waals surface area contributed by atoms with Gasteiger partial charge in [0.05, 0.1) is 0 Å². The average Bonchev–Trinajstić information content (AvgIpc) is 2.46. The first kappa shape index (κ1) is 13.6. The molecular formula is C16H25NO. The van der Waals surface area contributed by atoms with Crippen LogP contribution in [0.5, 0.6) is 0 Å². The summed E-state index contributed by atoms with van der Waals surface area (Å²) in [5.41, 5.74) is 1.46. The number of hydrogen-bond acceptors (Lipinski definition) is 2. The lowest BCUT2D eigenvalue weighted by Gasteiger charge is -2.35. The van der Waals surface area contributed by atoms with Crippen molar-refractivity contribution in [3.8, 4) is 0 Å². The molecule has 0 spiro atoms. The highest BCUT2D eigenvalue weighted by Crippen LogP contribution is 2.31. The number of ether oxygens (including phenoxy) is 1. The lowest BCUT2D eigenvalue weighted by molar-refractivity contribution is 0.0507. The molecule has 2 rings (SSSR count). The number of benzene rings is 1. The van der Waals surface area contributed by atoms with Gasteiger partial charge in [-0.1, -0.05) is 37.3 Å². The first-order chi connectivity index (χ1) is 8.86. The van der Waals surface area contributed by atoms with Crippen molar-refractivity contribution in [3.63, 3.8) is 0 Å². The minimum atomic E-state index is 0.571. The molecule has 0 saturated carbocycles. The van der Waals surface area contributed by atoms with Crippen LogP contribution >= 0.6 is 0 Å². The third-order valence-corrected chi connectivity index (χ3v) is 4.21. The van der Waals surface area contributed by atoms with Crippen molar-refractivity contribution in [3.05, 3.63) is 35.9 Å². The number of nitrogens with one attached hydrogen (secondary N) is 1. The molecule has 1 heterocycles. The molecule has 1 N–H and O–H groups in total. The molecule has 0 aromatic heterocycles. The summed E-state index contributed by atoms with van der Waals surface area (Å²) in [4.78, 5) is 0. The maximum absolute atomic E-state index is 5.49. The van der Waals surface area contributed by atoms with Crippen molar-refractivity contribution in [1.82, 2.24) is 5.32 Å². The van der Waals surface area contributed by atoms with Gasteiger partial charge in [0, 0.05) is 19.3 Å². The van der Waals surface area contributed by atoms with Crippen molar-refractivity contribution in [2.24, 2.45) is 5.92 Å². The van der Waals surface area contributed by atoms with Crippen LogP contribution in [0.1, 0.15) is 37.7 Å². The normalized spacial score (nSPS) is 20.6. The van der Waals surface area contributed by atoms with Crippen LogP contribution < -0.4 is 5.32 Å². The van der Waals surface area contributed by atoms with E-state index >= 15 is 0 Å². The van der Waals surface area contributed by atoms with Gasteiger partial charge in [0.2, 0.25) is 0 Å². The summed E-state index contributed by atoms with van der Waals surface area (Å²) in [6, 6.07) is 11.5. The minimum absolute atomic E-state index is 0.571. The van der Waals surface area contributed by atoms with E-state index in [2.05, 4.69) is 49.6 Å². The van der Waals surface area contributed by atoms with Crippen LogP contribution in [0.15, 0.2) is 30.3 Å². The molecule has 1 aromatic rings. The van der Waals surface area contributed by atoms with Crippen LogP contribution in [0.4, 0.5) is 0 Å². The van der Waals surface area contributed by atoms with E-state index in [1.165, 1.54) is 24.8 Å². The van der Waals surface area contributed by atoms with Gasteiger partial charge in [-0.3, -0.25) is 0 Å². The van der Waals surface area contributed by atoms with E-state index in [1.807, 2.05) is 0 Å². The molecule has 1 aliphatic rings. The van der Waals surface area contributed by atoms with Gasteiger partial charge in [0.1, 0.15) is 0 Å². The second-order valence-electron chi connectivity index (χ2n) is 5.19. The molecule has 1 aromatic carbocycles. The third kappa shape index (κ3) is 3.12. The number of hydrogen-bond donors (Lipinski definition) is 1. The van der Waals surface area contributed by atoms with E-state index in [9.17, 15) is 0 Å². The van der Waals surface area contributed by atoms with Crippen LogP contribution in [0.3, 0.4) is 0 Å². The first-order valence-corrected chi connectivity index (χ1v) is 7.16. The van der Waals surface area contributed by atoms with Crippen molar-refractivity contribution in [2.75, 3.05) is 20.3 Å². The van der Waals surface area contributed by atoms with Crippen molar-refractivity contribution < 1.29 is 4.74 Å². The fourth-order valence-electron chi connectivity index (χ4n) is 3.24. The molecule has 1 saturated heterocycles. The predicted molar refractivity (Wildman–Crippen MR) is 75.9 cm³/mol. The quantitative estimate of drug-likeness (QED) is 0.862. The second kappa shape index (κ2) is 6.91. The summed E-state index contributed by atoms with van der Waals surface area (Å²) in [5.74, 6) is 1.35. The molecule has 2 nitrogen and oxygen atoms in total. The van der Waals surface area contributed by atoms with E-state index in [4.69, 9.17) is 4.74 Å². The van der Waals surface area contributed by atoms with E-state index in [1.54, 1.807) is 0 Å². The van der Waals surface area contributed by atoms with Crippen LogP contribution in [0.25, 0.3) is 0 Å². The molecular weight excluding hydrogens is 222 g/mol. The summed E-state index contributed by atoms with van der Waals surface area (Å²) in [6.07, 6.45) is 3.57. The molecule has 18 heavy (non-hydrogen) atoms. The molecule has 1 aliphatic heterocycles. The Kier molecular flexibility index (Phi) is 5.21. The first-order valence-electron chi connectivity index (χ1n) is 7.16. The number of rotatable bonds is 5. The van der Waals surface area contributed by atoms with Crippen molar-refractivity contribution >= 4 is 0 Å². The van der Waals surface area contributed by atoms with E-state index in [0.717, 1.165) is 19.1 Å². The Balaban J connectivity index is 2.13. The fraction of sp³-hybridized carbons (Fsp3) is 0.625. The zero-order valence-electron chi connectivity index (χ0n) is 11.6. The number of likely N-dealkylation sites (N-methyl/N-ethyl adjacent to an activating group) is 1. The SMILES string of the molecule is CCC(c1ccccc1)C(NC)C1CCOCC1. The summed E-state index contributed by atoms with van der Waals surface area (Å²) in [6.45, 7) is 4.14. The molecule has 2 heteroatoms. The molecule has 2 atom stereocenters. The molecule has 0 bridgehead atoms. The Morgan fingerprint density at radius 2 is 1.89 bits per heavy atom. The van der Waals surface area contributed by atoms with Gasteiger partial charge in [0.25, 0.3) is 0 Å². The summed E-state index contributed by atoms with van der Waals surface area (Å²) in [7, 11) is 2.10. The van der Waals surface area contributed by atoms with Gasteiger partial charge >= 0.3 is 0 Å². The van der Waals surface area contributed by atoms with E-state index in [-0.39, 0.29) is 0 Å². The smallest absolute Gasteiger partial charge is 0.0469 e. The highest BCUT2D eigenvalue weighted by atomic mass is 16.5. The Bertz CT molecular complexity index is 332. The van der Waals surface area contributed by atoms with E-state index in [0.29, 0.717) is 12.0 Å². The highest BCUT2D eigenvalue weighted by molar-refractivity contribution is 5.21. The topological polar surface area (TPSA) is 21.3 Å². The molecule has 0 amide bonds. The summed E-state index contributed by atoms with van der Waals surface area (Å²) < 4.78 is 5.49. The largest absolute Gasteiger partial charge is 0.381 e. The Labute approximate surface area is 111 Å². The van der Waals surface area contributed by atoms with Crippen LogP contribution in [0.2, 0.25) is 0 Å². The summed E-state index contributed by atoms with van der Waals surface area (Å²) in [5, 5.41) is 3.57. The molecule has 0 aliphatic carbocycles. The monoisotopic (exact) mass is 247 g/mol. The Hall–Kier alpha value is -0.860. The maximum Gasteiger partial charge on any atom is 0.0469 e. The molecule has 100 valence electrons. The van der Waals surface area contributed by atoms with Gasteiger partial charge in [-0.15, -0.1) is 0 Å². The third-order valence-electron chi connectivity index (χ3n) is 4.21. The van der Waals surface area contributed by atoms with Crippen LogP contribution in [0, 0.1) is 5.92 Å².